The Morgan fingerprint density at radius 3 is 2.46 bits per heavy atom. The van der Waals surface area contributed by atoms with Crippen molar-refractivity contribution in [1.82, 2.24) is 10.3 Å². The molecule has 0 radical (unpaired) electrons. The molecule has 0 saturated carbocycles. The highest BCUT2D eigenvalue weighted by molar-refractivity contribution is 5.96. The van der Waals surface area contributed by atoms with Crippen LogP contribution in [-0.4, -0.2) is 33.6 Å². The number of aliphatic carboxylic acids is 1. The lowest BCUT2D eigenvalue weighted by molar-refractivity contribution is -0.136. The van der Waals surface area contributed by atoms with Crippen LogP contribution in [0.1, 0.15) is 17.0 Å². The number of nitrogens with one attached hydrogen (secondary N) is 1. The van der Waals surface area contributed by atoms with Gasteiger partial charge >= 0.3 is 5.97 Å². The fourth-order valence-electron chi connectivity index (χ4n) is 2.14. The molecule has 124 valence electrons. The number of amides is 1. The molecular formula is C17H15FN2O4. The summed E-state index contributed by atoms with van der Waals surface area (Å²) in [5, 5.41) is 20.1. The van der Waals surface area contributed by atoms with Crippen LogP contribution in [0.4, 0.5) is 4.39 Å². The van der Waals surface area contributed by atoms with Gasteiger partial charge < -0.3 is 15.5 Å². The van der Waals surface area contributed by atoms with Gasteiger partial charge in [0.05, 0.1) is 6.08 Å². The summed E-state index contributed by atoms with van der Waals surface area (Å²) >= 11 is 0. The molecule has 24 heavy (non-hydrogen) atoms. The van der Waals surface area contributed by atoms with Crippen molar-refractivity contribution in [2.24, 2.45) is 0 Å². The maximum absolute atomic E-state index is 13.1. The monoisotopic (exact) mass is 330 g/mol. The zero-order chi connectivity index (χ0) is 17.5. The second-order valence-electron chi connectivity index (χ2n) is 4.97. The smallest absolute Gasteiger partial charge is 0.371 e. The summed E-state index contributed by atoms with van der Waals surface area (Å²) in [6.07, 6.45) is 3.83. The predicted molar refractivity (Wildman–Crippen MR) is 83.8 cm³/mol. The Kier molecular flexibility index (Phi) is 5.62. The van der Waals surface area contributed by atoms with E-state index in [9.17, 15) is 14.0 Å². The van der Waals surface area contributed by atoms with E-state index in [0.717, 1.165) is 11.1 Å². The van der Waals surface area contributed by atoms with Gasteiger partial charge in [0.1, 0.15) is 5.82 Å². The van der Waals surface area contributed by atoms with Gasteiger partial charge in [0.25, 0.3) is 0 Å². The molecule has 0 aliphatic heterocycles. The van der Waals surface area contributed by atoms with Crippen molar-refractivity contribution in [3.8, 4) is 0 Å². The molecule has 0 aliphatic carbocycles. The van der Waals surface area contributed by atoms with Gasteiger partial charge in [0, 0.05) is 24.9 Å². The first-order chi connectivity index (χ1) is 11.5. The lowest BCUT2D eigenvalue weighted by atomic mass is 9.92. The number of nitrogens with zero attached hydrogens (tertiary/aromatic N) is 1. The summed E-state index contributed by atoms with van der Waals surface area (Å²) in [5.74, 6) is -4.06. The Balaban J connectivity index is 2.18. The van der Waals surface area contributed by atoms with Gasteiger partial charge in [-0.1, -0.05) is 18.2 Å². The summed E-state index contributed by atoms with van der Waals surface area (Å²) in [4.78, 5) is 26.2. The number of aliphatic hydroxyl groups is 1. The van der Waals surface area contributed by atoms with Crippen molar-refractivity contribution in [2.75, 3.05) is 6.54 Å². The number of aromatic nitrogens is 1. The van der Waals surface area contributed by atoms with Gasteiger partial charge in [0.2, 0.25) is 11.7 Å². The average molecular weight is 330 g/mol. The third-order valence-electron chi connectivity index (χ3n) is 3.33. The van der Waals surface area contributed by atoms with E-state index >= 15 is 0 Å². The highest BCUT2D eigenvalue weighted by atomic mass is 19.1. The van der Waals surface area contributed by atoms with Crippen molar-refractivity contribution in [2.45, 2.75) is 5.92 Å². The number of carbonyl (C=O) groups is 2. The third kappa shape index (κ3) is 4.64. The summed E-state index contributed by atoms with van der Waals surface area (Å²) < 4.78 is 13.1. The van der Waals surface area contributed by atoms with Crippen molar-refractivity contribution >= 4 is 11.9 Å². The minimum absolute atomic E-state index is 0.125. The first kappa shape index (κ1) is 17.1. The SMILES string of the molecule is O=C(/C=C(\O)C(=O)O)NCC(c1ccc(F)cc1)c1cccnc1. The quantitative estimate of drug-likeness (QED) is 0.556. The normalized spacial score (nSPS) is 12.5. The number of carboxylic acids is 1. The number of carboxylic acid groups (broad SMARTS) is 1. The van der Waals surface area contributed by atoms with Crippen LogP contribution in [0.3, 0.4) is 0 Å². The Morgan fingerprint density at radius 1 is 1.17 bits per heavy atom. The first-order valence-corrected chi connectivity index (χ1v) is 7.04. The van der Waals surface area contributed by atoms with Crippen molar-refractivity contribution < 1.29 is 24.2 Å². The molecule has 1 unspecified atom stereocenters. The Morgan fingerprint density at radius 2 is 1.88 bits per heavy atom. The van der Waals surface area contributed by atoms with Gasteiger partial charge in [0.15, 0.2) is 0 Å². The zero-order valence-electron chi connectivity index (χ0n) is 12.5. The molecule has 0 aliphatic rings. The molecular weight excluding hydrogens is 315 g/mol. The molecule has 0 saturated heterocycles. The molecule has 2 rings (SSSR count). The molecule has 1 heterocycles. The molecule has 0 fully saturated rings. The molecule has 2 aromatic rings. The van der Waals surface area contributed by atoms with E-state index < -0.39 is 17.6 Å². The second-order valence-corrected chi connectivity index (χ2v) is 4.97. The lowest BCUT2D eigenvalue weighted by Gasteiger charge is -2.18. The van der Waals surface area contributed by atoms with Gasteiger partial charge in [-0.25, -0.2) is 9.18 Å². The number of benzene rings is 1. The highest BCUT2D eigenvalue weighted by Crippen LogP contribution is 2.23. The number of pyridine rings is 1. The molecule has 7 heteroatoms. The topological polar surface area (TPSA) is 99.5 Å². The maximum atomic E-state index is 13.1. The van der Waals surface area contributed by atoms with E-state index in [2.05, 4.69) is 10.3 Å². The molecule has 1 aromatic carbocycles. The fourth-order valence-corrected chi connectivity index (χ4v) is 2.14. The van der Waals surface area contributed by atoms with Gasteiger partial charge in [-0.15, -0.1) is 0 Å². The van der Waals surface area contributed by atoms with Crippen molar-refractivity contribution in [3.05, 3.63) is 77.6 Å². The number of hydrogen-bond donors (Lipinski definition) is 3. The van der Waals surface area contributed by atoms with Crippen LogP contribution in [0.25, 0.3) is 0 Å². The predicted octanol–water partition coefficient (Wildman–Crippen LogP) is 2.00. The van der Waals surface area contributed by atoms with Crippen LogP contribution in [0.5, 0.6) is 0 Å². The maximum Gasteiger partial charge on any atom is 0.371 e. The molecule has 1 atom stereocenters. The van der Waals surface area contributed by atoms with Crippen LogP contribution in [0.2, 0.25) is 0 Å². The Labute approximate surface area is 137 Å². The minimum atomic E-state index is -1.59. The molecule has 1 aromatic heterocycles. The van der Waals surface area contributed by atoms with Gasteiger partial charge in [-0.05, 0) is 29.3 Å². The molecule has 1 amide bonds. The molecule has 0 bridgehead atoms. The van der Waals surface area contributed by atoms with Crippen LogP contribution in [-0.2, 0) is 9.59 Å². The molecule has 3 N–H and O–H groups in total. The van der Waals surface area contributed by atoms with Crippen molar-refractivity contribution in [3.63, 3.8) is 0 Å². The third-order valence-corrected chi connectivity index (χ3v) is 3.33. The van der Waals surface area contributed by atoms with E-state index in [0.29, 0.717) is 6.08 Å². The summed E-state index contributed by atoms with van der Waals surface area (Å²) in [6.45, 7) is 0.125. The summed E-state index contributed by atoms with van der Waals surface area (Å²) in [7, 11) is 0. The van der Waals surface area contributed by atoms with Crippen LogP contribution < -0.4 is 5.32 Å². The summed E-state index contributed by atoms with van der Waals surface area (Å²) in [5.41, 5.74) is 1.56. The largest absolute Gasteiger partial charge is 0.502 e. The van der Waals surface area contributed by atoms with Gasteiger partial charge in [-0.2, -0.15) is 0 Å². The number of hydrogen-bond acceptors (Lipinski definition) is 4. The van der Waals surface area contributed by atoms with Crippen LogP contribution >= 0.6 is 0 Å². The standard InChI is InChI=1S/C17H15FN2O4/c18-13-5-3-11(4-6-13)14(12-2-1-7-19-9-12)10-20-16(22)8-15(21)17(23)24/h1-9,14,21H,10H2,(H,20,22)(H,23,24)/b15-8-. The average Bonchev–Trinajstić information content (AvgIpc) is 2.57. The fraction of sp³-hybridized carbons (Fsp3) is 0.118. The van der Waals surface area contributed by atoms with E-state index in [1.807, 2.05) is 6.07 Å². The highest BCUT2D eigenvalue weighted by Gasteiger charge is 2.16. The Hall–Kier alpha value is -3.22. The van der Waals surface area contributed by atoms with E-state index in [-0.39, 0.29) is 18.3 Å². The molecule has 6 nitrogen and oxygen atoms in total. The second kappa shape index (κ2) is 7.87. The Bertz CT molecular complexity index is 745. The van der Waals surface area contributed by atoms with Crippen LogP contribution in [0.15, 0.2) is 60.6 Å². The molecule has 0 spiro atoms. The van der Waals surface area contributed by atoms with Crippen LogP contribution in [0, 0.1) is 5.82 Å². The van der Waals surface area contributed by atoms with E-state index in [1.165, 1.54) is 12.1 Å². The van der Waals surface area contributed by atoms with E-state index in [1.54, 1.807) is 30.6 Å². The zero-order valence-corrected chi connectivity index (χ0v) is 12.5. The first-order valence-electron chi connectivity index (χ1n) is 7.04. The number of halogens is 1. The number of aliphatic hydroxyl groups excluding tert-OH is 1. The lowest BCUT2D eigenvalue weighted by Crippen LogP contribution is -2.28. The number of carbonyl (C=O) groups excluding carboxylic acids is 1. The van der Waals surface area contributed by atoms with E-state index in [4.69, 9.17) is 10.2 Å². The van der Waals surface area contributed by atoms with Gasteiger partial charge in [-0.3, -0.25) is 9.78 Å². The summed E-state index contributed by atoms with van der Waals surface area (Å²) in [6, 6.07) is 9.39. The van der Waals surface area contributed by atoms with Crippen molar-refractivity contribution in [1.29, 1.82) is 0 Å². The number of rotatable bonds is 6. The minimum Gasteiger partial charge on any atom is -0.502 e.